The summed E-state index contributed by atoms with van der Waals surface area (Å²) in [5.41, 5.74) is 2.42. The maximum absolute atomic E-state index is 12.7. The molecule has 1 aromatic carbocycles. The predicted molar refractivity (Wildman–Crippen MR) is 123 cm³/mol. The predicted octanol–water partition coefficient (Wildman–Crippen LogP) is 2.78. The summed E-state index contributed by atoms with van der Waals surface area (Å²) in [7, 11) is 0. The van der Waals surface area contributed by atoms with Gasteiger partial charge in [0, 0.05) is 50.5 Å². The van der Waals surface area contributed by atoms with Crippen LogP contribution in [-0.4, -0.2) is 52.0 Å². The fourth-order valence-corrected chi connectivity index (χ4v) is 4.61. The highest BCUT2D eigenvalue weighted by Gasteiger charge is 2.32. The summed E-state index contributed by atoms with van der Waals surface area (Å²) in [6, 6.07) is 8.79. The number of nitrogens with one attached hydrogen (secondary N) is 2. The van der Waals surface area contributed by atoms with Crippen LogP contribution in [0.2, 0.25) is 0 Å². The molecule has 2 aromatic rings. The number of carbonyl (C=O) groups excluding carboxylic acids is 1. The molecule has 0 radical (unpaired) electrons. The minimum atomic E-state index is 0.259. The van der Waals surface area contributed by atoms with Gasteiger partial charge in [0.05, 0.1) is 12.9 Å². The van der Waals surface area contributed by atoms with Gasteiger partial charge in [-0.3, -0.25) is 4.79 Å². The molecule has 7 nitrogen and oxygen atoms in total. The molecule has 166 valence electrons. The van der Waals surface area contributed by atoms with E-state index in [4.69, 9.17) is 4.99 Å². The van der Waals surface area contributed by atoms with E-state index in [2.05, 4.69) is 56.3 Å². The van der Waals surface area contributed by atoms with Crippen molar-refractivity contribution in [2.24, 2.45) is 10.9 Å². The van der Waals surface area contributed by atoms with Crippen LogP contribution in [0.3, 0.4) is 0 Å². The van der Waals surface area contributed by atoms with Crippen molar-refractivity contribution in [3.8, 4) is 0 Å². The second-order valence-electron chi connectivity index (χ2n) is 8.65. The normalized spacial score (nSPS) is 19.7. The van der Waals surface area contributed by atoms with Gasteiger partial charge in [-0.15, -0.1) is 0 Å². The third-order valence-corrected chi connectivity index (χ3v) is 6.22. The molecular formula is C24H34N6O. The third-order valence-electron chi connectivity index (χ3n) is 6.22. The van der Waals surface area contributed by atoms with Crippen molar-refractivity contribution in [3.05, 3.63) is 54.1 Å². The fraction of sp³-hybridized carbons (Fsp3) is 0.542. The molecule has 1 atom stereocenters. The Balaban J connectivity index is 1.33. The first-order chi connectivity index (χ1) is 15.2. The van der Waals surface area contributed by atoms with Crippen LogP contribution in [0, 0.1) is 5.92 Å². The zero-order valence-electron chi connectivity index (χ0n) is 18.5. The number of hydrogen-bond donors (Lipinski definition) is 2. The Hall–Kier alpha value is -2.83. The number of nitrogens with zero attached hydrogens (tertiary/aromatic N) is 4. The molecule has 1 amide bonds. The first kappa shape index (κ1) is 21.4. The van der Waals surface area contributed by atoms with E-state index < -0.39 is 0 Å². The summed E-state index contributed by atoms with van der Waals surface area (Å²) in [5, 5.41) is 6.90. The quantitative estimate of drug-likeness (QED) is 0.532. The van der Waals surface area contributed by atoms with Gasteiger partial charge in [0.25, 0.3) is 0 Å². The van der Waals surface area contributed by atoms with E-state index in [1.54, 1.807) is 6.20 Å². The van der Waals surface area contributed by atoms with E-state index in [-0.39, 0.29) is 12.0 Å². The molecule has 1 saturated heterocycles. The van der Waals surface area contributed by atoms with Crippen LogP contribution < -0.4 is 10.6 Å². The van der Waals surface area contributed by atoms with Crippen molar-refractivity contribution >= 4 is 11.9 Å². The molecule has 4 rings (SSSR count). The van der Waals surface area contributed by atoms with E-state index in [0.717, 1.165) is 51.4 Å². The van der Waals surface area contributed by atoms with Crippen molar-refractivity contribution in [1.82, 2.24) is 25.1 Å². The number of amides is 1. The number of guanidine groups is 1. The van der Waals surface area contributed by atoms with E-state index in [9.17, 15) is 4.79 Å². The van der Waals surface area contributed by atoms with E-state index >= 15 is 0 Å². The highest BCUT2D eigenvalue weighted by atomic mass is 16.2. The molecule has 1 aliphatic carbocycles. The van der Waals surface area contributed by atoms with Crippen LogP contribution in [0.5, 0.6) is 0 Å². The number of aliphatic imine (C=N–C) groups is 1. The van der Waals surface area contributed by atoms with Crippen LogP contribution in [0.15, 0.2) is 48.0 Å². The van der Waals surface area contributed by atoms with Gasteiger partial charge in [0.1, 0.15) is 0 Å². The molecule has 2 aliphatic rings. The zero-order valence-corrected chi connectivity index (χ0v) is 18.5. The van der Waals surface area contributed by atoms with Gasteiger partial charge in [0.15, 0.2) is 5.96 Å². The summed E-state index contributed by atoms with van der Waals surface area (Å²) < 4.78 is 2.06. The van der Waals surface area contributed by atoms with Gasteiger partial charge >= 0.3 is 0 Å². The molecule has 31 heavy (non-hydrogen) atoms. The molecule has 1 saturated carbocycles. The summed E-state index contributed by atoms with van der Waals surface area (Å²) in [6.07, 6.45) is 11.1. The number of carbonyl (C=O) groups is 1. The molecule has 2 N–H and O–H groups in total. The Morgan fingerprint density at radius 3 is 2.84 bits per heavy atom. The second kappa shape index (κ2) is 10.5. The molecule has 1 aliphatic heterocycles. The van der Waals surface area contributed by atoms with Gasteiger partial charge in [-0.2, -0.15) is 0 Å². The average Bonchev–Trinajstić information content (AvgIpc) is 3.55. The van der Waals surface area contributed by atoms with Gasteiger partial charge < -0.3 is 20.1 Å². The summed E-state index contributed by atoms with van der Waals surface area (Å²) in [4.78, 5) is 23.7. The molecule has 0 spiro atoms. The van der Waals surface area contributed by atoms with E-state index in [1.807, 2.05) is 12.5 Å². The SMILES string of the molecule is CCNC(=NCc1cccc(Cn2ccnc2)c1)NC1CCN(C(=O)C2CCCC2)C1. The third kappa shape index (κ3) is 5.87. The molecule has 2 heterocycles. The highest BCUT2D eigenvalue weighted by Crippen LogP contribution is 2.27. The van der Waals surface area contributed by atoms with Gasteiger partial charge in [-0.1, -0.05) is 37.1 Å². The highest BCUT2D eigenvalue weighted by molar-refractivity contribution is 5.81. The number of hydrogen-bond acceptors (Lipinski definition) is 3. The van der Waals surface area contributed by atoms with Crippen LogP contribution in [0.1, 0.15) is 50.2 Å². The van der Waals surface area contributed by atoms with E-state index in [0.29, 0.717) is 12.5 Å². The smallest absolute Gasteiger partial charge is 0.225 e. The molecule has 2 fully saturated rings. The molecule has 1 unspecified atom stereocenters. The molecule has 7 heteroatoms. The Morgan fingerprint density at radius 2 is 2.06 bits per heavy atom. The van der Waals surface area contributed by atoms with Crippen molar-refractivity contribution in [2.75, 3.05) is 19.6 Å². The Morgan fingerprint density at radius 1 is 1.23 bits per heavy atom. The summed E-state index contributed by atoms with van der Waals surface area (Å²) in [6.45, 7) is 5.94. The largest absolute Gasteiger partial charge is 0.357 e. The Bertz CT molecular complexity index is 872. The number of likely N-dealkylation sites (tertiary alicyclic amines) is 1. The molecule has 0 bridgehead atoms. The van der Waals surface area contributed by atoms with Crippen molar-refractivity contribution in [1.29, 1.82) is 0 Å². The minimum absolute atomic E-state index is 0.259. The zero-order chi connectivity index (χ0) is 21.5. The first-order valence-corrected chi connectivity index (χ1v) is 11.6. The van der Waals surface area contributed by atoms with Gasteiger partial charge in [-0.05, 0) is 37.3 Å². The minimum Gasteiger partial charge on any atom is -0.357 e. The topological polar surface area (TPSA) is 74.6 Å². The molecule has 1 aromatic heterocycles. The van der Waals surface area contributed by atoms with Crippen LogP contribution >= 0.6 is 0 Å². The Kier molecular flexibility index (Phi) is 7.22. The number of aromatic nitrogens is 2. The van der Waals surface area contributed by atoms with E-state index in [1.165, 1.54) is 24.0 Å². The van der Waals surface area contributed by atoms with Gasteiger partial charge in [0.2, 0.25) is 5.91 Å². The van der Waals surface area contributed by atoms with Crippen molar-refractivity contribution in [3.63, 3.8) is 0 Å². The molecular weight excluding hydrogens is 388 g/mol. The monoisotopic (exact) mass is 422 g/mol. The lowest BCUT2D eigenvalue weighted by molar-refractivity contribution is -0.134. The first-order valence-electron chi connectivity index (χ1n) is 11.6. The summed E-state index contributed by atoms with van der Waals surface area (Å²) >= 11 is 0. The second-order valence-corrected chi connectivity index (χ2v) is 8.65. The Labute approximate surface area is 185 Å². The van der Waals surface area contributed by atoms with Crippen LogP contribution in [0.25, 0.3) is 0 Å². The lowest BCUT2D eigenvalue weighted by Crippen LogP contribution is -2.45. The maximum atomic E-state index is 12.7. The van der Waals surface area contributed by atoms with Crippen molar-refractivity contribution in [2.45, 2.75) is 58.2 Å². The fourth-order valence-electron chi connectivity index (χ4n) is 4.61. The lowest BCUT2D eigenvalue weighted by Gasteiger charge is -2.21. The number of rotatable bonds is 7. The number of benzene rings is 1. The van der Waals surface area contributed by atoms with Crippen LogP contribution in [-0.2, 0) is 17.9 Å². The maximum Gasteiger partial charge on any atom is 0.225 e. The lowest BCUT2D eigenvalue weighted by atomic mass is 10.1. The number of imidazole rings is 1. The van der Waals surface area contributed by atoms with Crippen molar-refractivity contribution < 1.29 is 4.79 Å². The van der Waals surface area contributed by atoms with Crippen LogP contribution in [0.4, 0.5) is 0 Å². The average molecular weight is 423 g/mol. The standard InChI is InChI=1S/C24H34N6O/c1-2-26-24(28-22-10-12-30(17-22)23(31)21-8-3-4-9-21)27-15-19-6-5-7-20(14-19)16-29-13-11-25-18-29/h5-7,11,13-14,18,21-22H,2-4,8-10,12,15-17H2,1H3,(H2,26,27,28). The summed E-state index contributed by atoms with van der Waals surface area (Å²) in [5.74, 6) is 1.44. The van der Waals surface area contributed by atoms with Gasteiger partial charge in [-0.25, -0.2) is 9.98 Å².